The van der Waals surface area contributed by atoms with Crippen molar-refractivity contribution in [3.8, 4) is 0 Å². The van der Waals surface area contributed by atoms with E-state index in [1.807, 2.05) is 11.3 Å². The van der Waals surface area contributed by atoms with Crippen molar-refractivity contribution in [3.05, 3.63) is 68.7 Å². The normalized spacial score (nSPS) is 23.3. The highest BCUT2D eigenvalue weighted by Crippen LogP contribution is 2.60. The summed E-state index contributed by atoms with van der Waals surface area (Å²) in [5.74, 6) is -2.45. The molecule has 224 valence electrons. The van der Waals surface area contributed by atoms with Gasteiger partial charge in [0.1, 0.15) is 16.9 Å². The number of carbonyl (C=O) groups excluding carboxylic acids is 1. The number of nitro benzene ring substituents is 1. The van der Waals surface area contributed by atoms with Gasteiger partial charge in [-0.25, -0.2) is 9.78 Å². The summed E-state index contributed by atoms with van der Waals surface area (Å²) >= 11 is 1.39. The molecule has 42 heavy (non-hydrogen) atoms. The minimum Gasteiger partial charge on any atom is -0.477 e. The van der Waals surface area contributed by atoms with Gasteiger partial charge in [0.2, 0.25) is 5.91 Å². The SMILES string of the molecule is C[C@@H](O)[C@H]1C(=O)N2C(C(=O)O)=C(c3sc4cncn4c3CO[Si](C)(C)C(C)(C)C)[C@](C)(Cc3ccc([N+](=O)[O-])cc3)[C@@H]12. The van der Waals surface area contributed by atoms with Crippen LogP contribution in [0.4, 0.5) is 5.69 Å². The van der Waals surface area contributed by atoms with E-state index in [2.05, 4.69) is 38.8 Å². The molecule has 4 heterocycles. The zero-order chi connectivity index (χ0) is 30.9. The lowest BCUT2D eigenvalue weighted by atomic mass is 9.64. The number of carboxylic acid groups (broad SMARTS) is 1. The van der Waals surface area contributed by atoms with Crippen LogP contribution in [-0.2, 0) is 27.0 Å². The number of β-lactam (4-membered cyclic amide) rings is 1. The van der Waals surface area contributed by atoms with Crippen LogP contribution >= 0.6 is 11.3 Å². The van der Waals surface area contributed by atoms with E-state index in [-0.39, 0.29) is 23.0 Å². The van der Waals surface area contributed by atoms with E-state index >= 15 is 0 Å². The molecule has 2 aliphatic heterocycles. The van der Waals surface area contributed by atoms with Crippen molar-refractivity contribution in [3.63, 3.8) is 0 Å². The molecule has 0 spiro atoms. The number of aliphatic hydroxyl groups is 1. The topological polar surface area (TPSA) is 148 Å². The van der Waals surface area contributed by atoms with Gasteiger partial charge in [-0.15, -0.1) is 11.3 Å². The van der Waals surface area contributed by atoms with E-state index < -0.39 is 48.6 Å². The van der Waals surface area contributed by atoms with Crippen molar-refractivity contribution in [2.24, 2.45) is 11.3 Å². The van der Waals surface area contributed by atoms with Crippen LogP contribution in [0.2, 0.25) is 18.1 Å². The van der Waals surface area contributed by atoms with Gasteiger partial charge in [-0.1, -0.05) is 39.8 Å². The molecule has 1 aromatic carbocycles. The van der Waals surface area contributed by atoms with E-state index in [1.165, 1.54) is 28.4 Å². The van der Waals surface area contributed by atoms with Gasteiger partial charge in [-0.2, -0.15) is 0 Å². The number of carboxylic acids is 1. The van der Waals surface area contributed by atoms with Crippen LogP contribution in [0.25, 0.3) is 10.4 Å². The Labute approximate surface area is 248 Å². The van der Waals surface area contributed by atoms with Gasteiger partial charge in [-0.05, 0) is 37.0 Å². The molecule has 0 radical (unpaired) electrons. The largest absolute Gasteiger partial charge is 0.477 e. The van der Waals surface area contributed by atoms with Crippen molar-refractivity contribution < 1.29 is 29.2 Å². The van der Waals surface area contributed by atoms with Gasteiger partial charge in [0.05, 0.1) is 46.4 Å². The van der Waals surface area contributed by atoms with Crippen molar-refractivity contribution in [2.75, 3.05) is 0 Å². The van der Waals surface area contributed by atoms with Crippen molar-refractivity contribution in [2.45, 2.75) is 77.9 Å². The second kappa shape index (κ2) is 10.1. The molecule has 0 aliphatic carbocycles. The van der Waals surface area contributed by atoms with E-state index in [1.54, 1.807) is 31.6 Å². The molecule has 4 atom stereocenters. The van der Waals surface area contributed by atoms with E-state index in [4.69, 9.17) is 4.43 Å². The predicted molar refractivity (Wildman–Crippen MR) is 160 cm³/mol. The average molecular weight is 613 g/mol. The Bertz CT molecular complexity index is 1620. The fraction of sp³-hybridized carbons (Fsp3) is 0.483. The lowest BCUT2D eigenvalue weighted by molar-refractivity contribution is -0.384. The fourth-order valence-corrected chi connectivity index (χ4v) is 8.23. The summed E-state index contributed by atoms with van der Waals surface area (Å²) in [5.41, 5.74) is 0.909. The van der Waals surface area contributed by atoms with Gasteiger partial charge in [-0.3, -0.25) is 19.3 Å². The van der Waals surface area contributed by atoms with Crippen LogP contribution in [0.15, 0.2) is 42.5 Å². The third-order valence-electron chi connectivity index (χ3n) is 9.25. The summed E-state index contributed by atoms with van der Waals surface area (Å²) in [7, 11) is -2.21. The number of hydrogen-bond donors (Lipinski definition) is 2. The van der Waals surface area contributed by atoms with E-state index in [0.717, 1.165) is 16.1 Å². The Morgan fingerprint density at radius 1 is 1.29 bits per heavy atom. The molecule has 1 fully saturated rings. The van der Waals surface area contributed by atoms with Crippen molar-refractivity contribution >= 4 is 47.6 Å². The van der Waals surface area contributed by atoms with Gasteiger partial charge in [0, 0.05) is 23.1 Å². The van der Waals surface area contributed by atoms with Crippen LogP contribution < -0.4 is 0 Å². The zero-order valence-electron chi connectivity index (χ0n) is 24.7. The van der Waals surface area contributed by atoms with Crippen LogP contribution in [0.3, 0.4) is 0 Å². The zero-order valence-corrected chi connectivity index (χ0v) is 26.6. The van der Waals surface area contributed by atoms with E-state index in [9.17, 15) is 29.9 Å². The molecule has 0 saturated carbocycles. The third kappa shape index (κ3) is 4.59. The lowest BCUT2D eigenvalue weighted by Gasteiger charge is -2.51. The summed E-state index contributed by atoms with van der Waals surface area (Å²) in [6.07, 6.45) is 2.70. The average Bonchev–Trinajstić information content (AvgIpc) is 3.51. The summed E-state index contributed by atoms with van der Waals surface area (Å²) < 4.78 is 8.54. The number of nitro groups is 1. The molecule has 1 saturated heterocycles. The van der Waals surface area contributed by atoms with Crippen LogP contribution in [0.1, 0.15) is 50.8 Å². The number of amides is 1. The monoisotopic (exact) mass is 612 g/mol. The van der Waals surface area contributed by atoms with Crippen molar-refractivity contribution in [1.29, 1.82) is 0 Å². The maximum Gasteiger partial charge on any atom is 0.352 e. The molecule has 5 rings (SSSR count). The number of fused-ring (bicyclic) bond motifs is 2. The minimum atomic E-state index is -2.21. The van der Waals surface area contributed by atoms with Gasteiger partial charge >= 0.3 is 5.97 Å². The number of carbonyl (C=O) groups is 2. The van der Waals surface area contributed by atoms with Crippen LogP contribution in [0, 0.1) is 21.4 Å². The third-order valence-corrected chi connectivity index (χ3v) is 14.9. The molecule has 2 aliphatic rings. The Hall–Kier alpha value is -3.39. The van der Waals surface area contributed by atoms with Gasteiger partial charge in [0.25, 0.3) is 5.69 Å². The molecule has 11 nitrogen and oxygen atoms in total. The second-order valence-corrected chi connectivity index (χ2v) is 18.8. The molecule has 0 bridgehead atoms. The molecular formula is C29H36N4O7SSi. The molecular weight excluding hydrogens is 576 g/mol. The van der Waals surface area contributed by atoms with Crippen LogP contribution in [-0.4, -0.2) is 61.8 Å². The highest BCUT2D eigenvalue weighted by Gasteiger charge is 2.66. The lowest BCUT2D eigenvalue weighted by Crippen LogP contribution is -2.66. The maximum absolute atomic E-state index is 13.4. The molecule has 3 aromatic rings. The number of aromatic nitrogens is 2. The second-order valence-electron chi connectivity index (χ2n) is 13.0. The number of hydrogen-bond acceptors (Lipinski definition) is 8. The van der Waals surface area contributed by atoms with Gasteiger partial charge < -0.3 is 19.5 Å². The van der Waals surface area contributed by atoms with Crippen molar-refractivity contribution in [1.82, 2.24) is 14.3 Å². The number of imidazole rings is 1. The first-order valence-corrected chi connectivity index (χ1v) is 17.5. The van der Waals surface area contributed by atoms with E-state index in [0.29, 0.717) is 16.9 Å². The first-order valence-electron chi connectivity index (χ1n) is 13.8. The van der Waals surface area contributed by atoms with Gasteiger partial charge in [0.15, 0.2) is 8.32 Å². The highest BCUT2D eigenvalue weighted by molar-refractivity contribution is 7.18. The molecule has 0 unspecified atom stereocenters. The molecule has 1 amide bonds. The highest BCUT2D eigenvalue weighted by atomic mass is 32.1. The Balaban J connectivity index is 1.70. The first kappa shape index (κ1) is 30.1. The summed E-state index contributed by atoms with van der Waals surface area (Å²) in [6, 6.07) is 5.55. The fourth-order valence-electron chi connectivity index (χ4n) is 6.01. The first-order chi connectivity index (χ1) is 19.5. The number of thiazole rings is 1. The number of aliphatic hydroxyl groups excluding tert-OH is 1. The smallest absolute Gasteiger partial charge is 0.352 e. The minimum absolute atomic E-state index is 0.0504. The standard InChI is InChI=1S/C29H36N4O7SSi/c1-16(34)21-25-29(5,12-17-8-10-18(11-9-17)33(38)39)22(23(27(36)37)32(25)26(21)35)24-19(31-15-30-13-20(31)41-24)14-40-42(6,7)28(2,3)4/h8-11,13,15-16,21,25,34H,12,14H2,1-7H3,(H,36,37)/t16-,21-,25-,29+/m1/s1. The Morgan fingerprint density at radius 3 is 2.48 bits per heavy atom. The molecule has 2 N–H and O–H groups in total. The number of non-ortho nitro benzene ring substituents is 1. The quantitative estimate of drug-likeness (QED) is 0.147. The summed E-state index contributed by atoms with van der Waals surface area (Å²) in [4.78, 5) is 44.2. The Kier molecular flexibility index (Phi) is 7.24. The predicted octanol–water partition coefficient (Wildman–Crippen LogP) is 5.09. The number of rotatable bonds is 9. The number of aliphatic carboxylic acids is 1. The number of nitrogens with zero attached hydrogens (tertiary/aromatic N) is 4. The summed E-state index contributed by atoms with van der Waals surface area (Å²) in [5, 5.41) is 32.4. The molecule has 13 heteroatoms. The number of benzene rings is 1. The van der Waals surface area contributed by atoms with Crippen LogP contribution in [0.5, 0.6) is 0 Å². The molecule has 2 aromatic heterocycles. The summed E-state index contributed by atoms with van der Waals surface area (Å²) in [6.45, 7) is 14.4. The Morgan fingerprint density at radius 2 is 1.93 bits per heavy atom. The maximum atomic E-state index is 13.4.